The van der Waals surface area contributed by atoms with Crippen LogP contribution in [0, 0.1) is 0 Å². The van der Waals surface area contributed by atoms with Crippen LogP contribution in [0.3, 0.4) is 0 Å². The molecule has 0 radical (unpaired) electrons. The molecule has 0 atom stereocenters. The van der Waals surface area contributed by atoms with Gasteiger partial charge in [-0.25, -0.2) is 13.1 Å². The summed E-state index contributed by atoms with van der Waals surface area (Å²) < 4.78 is 37.1. The number of carbonyl (C=O) groups excluding carboxylic acids is 1. The number of rotatable bonds is 4. The Morgan fingerprint density at radius 3 is 2.65 bits per heavy atom. The second kappa shape index (κ2) is 6.10. The van der Waals surface area contributed by atoms with E-state index in [2.05, 4.69) is 10.0 Å². The average Bonchev–Trinajstić information content (AvgIpc) is 2.69. The summed E-state index contributed by atoms with van der Waals surface area (Å²) in [5.41, 5.74) is 0. The van der Waals surface area contributed by atoms with E-state index >= 15 is 0 Å². The van der Waals surface area contributed by atoms with Crippen LogP contribution in [0.1, 0.15) is 6.42 Å². The molecule has 1 aliphatic rings. The highest BCUT2D eigenvalue weighted by molar-refractivity contribution is 7.89. The second-order valence-electron chi connectivity index (χ2n) is 4.16. The zero-order valence-electron chi connectivity index (χ0n) is 11.0. The topological polar surface area (TPSA) is 93.7 Å². The molecule has 2 N–H and O–H groups in total. The van der Waals surface area contributed by atoms with Gasteiger partial charge in [0.05, 0.1) is 24.7 Å². The molecular weight excluding hydrogens is 284 g/mol. The Bertz CT molecular complexity index is 600. The predicted octanol–water partition coefficient (Wildman–Crippen LogP) is -0.128. The molecule has 1 amide bonds. The number of hydrogen-bond acceptors (Lipinski definition) is 5. The summed E-state index contributed by atoms with van der Waals surface area (Å²) in [5, 5.41) is 2.34. The normalized spacial score (nSPS) is 14.4. The molecule has 0 saturated heterocycles. The van der Waals surface area contributed by atoms with Crippen LogP contribution in [0.25, 0.3) is 0 Å². The smallest absolute Gasteiger partial charge is 0.241 e. The van der Waals surface area contributed by atoms with Gasteiger partial charge >= 0.3 is 0 Å². The average molecular weight is 300 g/mol. The minimum Gasteiger partial charge on any atom is -0.490 e. The van der Waals surface area contributed by atoms with Gasteiger partial charge in [-0.1, -0.05) is 0 Å². The molecule has 110 valence electrons. The lowest BCUT2D eigenvalue weighted by Crippen LogP contribution is -2.35. The van der Waals surface area contributed by atoms with Gasteiger partial charge in [0.25, 0.3) is 0 Å². The van der Waals surface area contributed by atoms with Crippen molar-refractivity contribution in [2.75, 3.05) is 26.8 Å². The van der Waals surface area contributed by atoms with Gasteiger partial charge < -0.3 is 14.8 Å². The van der Waals surface area contributed by atoms with Crippen LogP contribution in [0.2, 0.25) is 0 Å². The van der Waals surface area contributed by atoms with Gasteiger partial charge in [-0.15, -0.1) is 0 Å². The quantitative estimate of drug-likeness (QED) is 0.808. The molecule has 1 aromatic rings. The fraction of sp³-hybridized carbons (Fsp3) is 0.417. The Morgan fingerprint density at radius 2 is 1.95 bits per heavy atom. The monoisotopic (exact) mass is 300 g/mol. The van der Waals surface area contributed by atoms with Crippen molar-refractivity contribution in [3.63, 3.8) is 0 Å². The van der Waals surface area contributed by atoms with E-state index in [1.54, 1.807) is 6.07 Å². The van der Waals surface area contributed by atoms with Crippen molar-refractivity contribution >= 4 is 15.9 Å². The maximum absolute atomic E-state index is 12.0. The maximum atomic E-state index is 12.0. The highest BCUT2D eigenvalue weighted by Gasteiger charge is 2.19. The largest absolute Gasteiger partial charge is 0.490 e. The van der Waals surface area contributed by atoms with Crippen molar-refractivity contribution < 1.29 is 22.7 Å². The molecule has 0 bridgehead atoms. The first-order chi connectivity index (χ1) is 9.53. The number of fused-ring (bicyclic) bond motifs is 1. The van der Waals surface area contributed by atoms with E-state index in [1.165, 1.54) is 19.2 Å². The number of ether oxygens (including phenoxy) is 2. The standard InChI is InChI=1S/C12H16N2O5S/c1-13-12(15)8-14-20(16,17)9-3-4-10-11(7-9)19-6-2-5-18-10/h3-4,7,14H,2,5-6,8H2,1H3,(H,13,15). The van der Waals surface area contributed by atoms with Crippen molar-refractivity contribution in [2.24, 2.45) is 0 Å². The summed E-state index contributed by atoms with van der Waals surface area (Å²) in [6, 6.07) is 4.36. The summed E-state index contributed by atoms with van der Waals surface area (Å²) in [6.07, 6.45) is 0.742. The Kier molecular flexibility index (Phi) is 4.46. The molecule has 1 aromatic carbocycles. The van der Waals surface area contributed by atoms with Gasteiger partial charge in [0.2, 0.25) is 15.9 Å². The summed E-state index contributed by atoms with van der Waals surface area (Å²) in [7, 11) is -2.32. The first-order valence-electron chi connectivity index (χ1n) is 6.13. The number of hydrogen-bond donors (Lipinski definition) is 2. The molecule has 1 aliphatic heterocycles. The molecule has 0 aliphatic carbocycles. The predicted molar refractivity (Wildman–Crippen MR) is 71.3 cm³/mol. The minimum absolute atomic E-state index is 0.0330. The van der Waals surface area contributed by atoms with Gasteiger partial charge in [-0.05, 0) is 12.1 Å². The molecule has 20 heavy (non-hydrogen) atoms. The van der Waals surface area contributed by atoms with E-state index in [-0.39, 0.29) is 11.4 Å². The molecule has 0 spiro atoms. The molecule has 1 heterocycles. The molecule has 8 heteroatoms. The van der Waals surface area contributed by atoms with E-state index in [9.17, 15) is 13.2 Å². The minimum atomic E-state index is -3.76. The van der Waals surface area contributed by atoms with Crippen molar-refractivity contribution in [2.45, 2.75) is 11.3 Å². The van der Waals surface area contributed by atoms with E-state index in [0.717, 1.165) is 6.42 Å². The van der Waals surface area contributed by atoms with Crippen molar-refractivity contribution in [3.8, 4) is 11.5 Å². The lowest BCUT2D eigenvalue weighted by atomic mass is 10.3. The molecule has 0 fully saturated rings. The third-order valence-corrected chi connectivity index (χ3v) is 4.13. The number of amides is 1. The van der Waals surface area contributed by atoms with Gasteiger partial charge in [-0.2, -0.15) is 0 Å². The third-order valence-electron chi connectivity index (χ3n) is 2.73. The summed E-state index contributed by atoms with van der Waals surface area (Å²) in [6.45, 7) is 0.698. The summed E-state index contributed by atoms with van der Waals surface area (Å²) in [5.74, 6) is 0.501. The highest BCUT2D eigenvalue weighted by atomic mass is 32.2. The fourth-order valence-corrected chi connectivity index (χ4v) is 2.64. The number of nitrogens with one attached hydrogen (secondary N) is 2. The van der Waals surface area contributed by atoms with Crippen LogP contribution < -0.4 is 19.5 Å². The number of sulfonamides is 1. The van der Waals surface area contributed by atoms with Crippen LogP contribution in [-0.4, -0.2) is 41.1 Å². The van der Waals surface area contributed by atoms with Crippen LogP contribution in [0.15, 0.2) is 23.1 Å². The Hall–Kier alpha value is -1.80. The summed E-state index contributed by atoms with van der Waals surface area (Å²) >= 11 is 0. The van der Waals surface area contributed by atoms with Gasteiger partial charge in [-0.3, -0.25) is 4.79 Å². The molecule has 0 unspecified atom stereocenters. The lowest BCUT2D eigenvalue weighted by Gasteiger charge is -2.10. The van der Waals surface area contributed by atoms with Gasteiger partial charge in [0, 0.05) is 19.5 Å². The molecule has 2 rings (SSSR count). The summed E-state index contributed by atoms with van der Waals surface area (Å²) in [4.78, 5) is 11.1. The third kappa shape index (κ3) is 3.40. The van der Waals surface area contributed by atoms with Crippen LogP contribution >= 0.6 is 0 Å². The molecular formula is C12H16N2O5S. The van der Waals surface area contributed by atoms with E-state index in [0.29, 0.717) is 24.7 Å². The van der Waals surface area contributed by atoms with Crippen molar-refractivity contribution in [1.82, 2.24) is 10.0 Å². The second-order valence-corrected chi connectivity index (χ2v) is 5.92. The zero-order chi connectivity index (χ0) is 14.6. The van der Waals surface area contributed by atoms with Crippen LogP contribution in [0.5, 0.6) is 11.5 Å². The van der Waals surface area contributed by atoms with Gasteiger partial charge in [0.1, 0.15) is 0 Å². The molecule has 0 aromatic heterocycles. The maximum Gasteiger partial charge on any atom is 0.241 e. The van der Waals surface area contributed by atoms with E-state index in [4.69, 9.17) is 9.47 Å². The highest BCUT2D eigenvalue weighted by Crippen LogP contribution is 2.31. The first kappa shape index (κ1) is 14.6. The van der Waals surface area contributed by atoms with E-state index < -0.39 is 15.9 Å². The lowest BCUT2D eigenvalue weighted by molar-refractivity contribution is -0.119. The van der Waals surface area contributed by atoms with Crippen molar-refractivity contribution in [1.29, 1.82) is 0 Å². The van der Waals surface area contributed by atoms with Gasteiger partial charge in [0.15, 0.2) is 11.5 Å². The SMILES string of the molecule is CNC(=O)CNS(=O)(=O)c1ccc2c(c1)OCCCO2. The Labute approximate surface area is 117 Å². The van der Waals surface area contributed by atoms with Crippen LogP contribution in [0.4, 0.5) is 0 Å². The van der Waals surface area contributed by atoms with E-state index in [1.807, 2.05) is 0 Å². The first-order valence-corrected chi connectivity index (χ1v) is 7.61. The molecule has 7 nitrogen and oxygen atoms in total. The van der Waals surface area contributed by atoms with Crippen molar-refractivity contribution in [3.05, 3.63) is 18.2 Å². The van der Waals surface area contributed by atoms with Crippen LogP contribution in [-0.2, 0) is 14.8 Å². The number of carbonyl (C=O) groups is 1. The Balaban J connectivity index is 2.19. The number of likely N-dealkylation sites (N-methyl/N-ethyl adjacent to an activating group) is 1. The number of benzene rings is 1. The molecule has 0 saturated carbocycles. The Morgan fingerprint density at radius 1 is 1.25 bits per heavy atom. The fourth-order valence-electron chi connectivity index (χ4n) is 1.64. The zero-order valence-corrected chi connectivity index (χ0v) is 11.8.